The number of hydrogen-bond donors (Lipinski definition) is 2. The van der Waals surface area contributed by atoms with Gasteiger partial charge in [-0.3, -0.25) is 0 Å². The van der Waals surface area contributed by atoms with Crippen molar-refractivity contribution >= 4 is 5.82 Å². The molecule has 0 aromatic carbocycles. The summed E-state index contributed by atoms with van der Waals surface area (Å²) >= 11 is 0. The van der Waals surface area contributed by atoms with Gasteiger partial charge in [0.2, 0.25) is 0 Å². The Hall–Kier alpha value is -1.17. The number of rotatable bonds is 7. The quantitative estimate of drug-likeness (QED) is 0.753. The van der Waals surface area contributed by atoms with Crippen molar-refractivity contribution in [3.05, 3.63) is 23.9 Å². The first-order chi connectivity index (χ1) is 8.58. The predicted molar refractivity (Wildman–Crippen MR) is 72.9 cm³/mol. The van der Waals surface area contributed by atoms with Gasteiger partial charge in [0, 0.05) is 32.9 Å². The maximum Gasteiger partial charge on any atom is 0.128 e. The van der Waals surface area contributed by atoms with Gasteiger partial charge in [-0.25, -0.2) is 4.98 Å². The van der Waals surface area contributed by atoms with Crippen LogP contribution in [0, 0.1) is 0 Å². The number of pyridine rings is 1. The van der Waals surface area contributed by atoms with Crippen LogP contribution in [0.4, 0.5) is 5.82 Å². The van der Waals surface area contributed by atoms with Crippen LogP contribution in [0.2, 0.25) is 0 Å². The van der Waals surface area contributed by atoms with E-state index >= 15 is 0 Å². The molecule has 0 bridgehead atoms. The summed E-state index contributed by atoms with van der Waals surface area (Å²) in [5, 5.41) is 12.9. The molecule has 2 N–H and O–H groups in total. The number of hydrogen-bond acceptors (Lipinski definition) is 5. The third-order valence-corrected chi connectivity index (χ3v) is 2.94. The van der Waals surface area contributed by atoms with Crippen LogP contribution < -0.4 is 10.2 Å². The summed E-state index contributed by atoms with van der Waals surface area (Å²) in [6.45, 7) is 2.92. The van der Waals surface area contributed by atoms with Crippen LogP contribution in [-0.4, -0.2) is 50.6 Å². The summed E-state index contributed by atoms with van der Waals surface area (Å²) in [5.41, 5.74) is 1.18. The van der Waals surface area contributed by atoms with Crippen molar-refractivity contribution in [1.29, 1.82) is 0 Å². The summed E-state index contributed by atoms with van der Waals surface area (Å²) < 4.78 is 4.91. The maximum atomic E-state index is 9.70. The number of anilines is 1. The van der Waals surface area contributed by atoms with Crippen LogP contribution in [0.3, 0.4) is 0 Å². The fourth-order valence-corrected chi connectivity index (χ4v) is 1.73. The molecule has 5 nitrogen and oxygen atoms in total. The molecule has 5 heteroatoms. The first-order valence-corrected chi connectivity index (χ1v) is 6.09. The zero-order valence-electron chi connectivity index (χ0n) is 11.6. The lowest BCUT2D eigenvalue weighted by atomic mass is 10.1. The van der Waals surface area contributed by atoms with Gasteiger partial charge in [-0.1, -0.05) is 0 Å². The third-order valence-electron chi connectivity index (χ3n) is 2.94. The molecule has 1 rings (SSSR count). The number of aromatic nitrogens is 1. The minimum atomic E-state index is -0.507. The van der Waals surface area contributed by atoms with E-state index in [1.165, 1.54) is 5.56 Å². The molecule has 0 saturated carbocycles. The summed E-state index contributed by atoms with van der Waals surface area (Å²) in [7, 11) is 5.42. The van der Waals surface area contributed by atoms with Crippen molar-refractivity contribution in [2.45, 2.75) is 19.1 Å². The van der Waals surface area contributed by atoms with Crippen molar-refractivity contribution < 1.29 is 9.84 Å². The van der Waals surface area contributed by atoms with E-state index in [1.54, 1.807) is 13.3 Å². The van der Waals surface area contributed by atoms with Crippen LogP contribution in [0.5, 0.6) is 0 Å². The summed E-state index contributed by atoms with van der Waals surface area (Å²) in [4.78, 5) is 6.24. The van der Waals surface area contributed by atoms with Crippen molar-refractivity contribution in [3.8, 4) is 0 Å². The number of likely N-dealkylation sites (N-methyl/N-ethyl adjacent to an activating group) is 1. The molecule has 0 saturated heterocycles. The summed E-state index contributed by atoms with van der Waals surface area (Å²) in [6, 6.07) is 4.30. The molecule has 102 valence electrons. The Labute approximate surface area is 109 Å². The van der Waals surface area contributed by atoms with Crippen molar-refractivity contribution in [3.63, 3.8) is 0 Å². The van der Waals surface area contributed by atoms with Crippen LogP contribution in [0.15, 0.2) is 18.3 Å². The minimum Gasteiger partial charge on any atom is -0.389 e. The molecular formula is C13H23N3O2. The summed E-state index contributed by atoms with van der Waals surface area (Å²) in [5.74, 6) is 0.852. The number of nitrogens with one attached hydrogen (secondary N) is 1. The highest BCUT2D eigenvalue weighted by Gasteiger charge is 2.11. The number of nitrogens with zero attached hydrogens (tertiary/aromatic N) is 2. The van der Waals surface area contributed by atoms with Crippen molar-refractivity contribution in [2.24, 2.45) is 0 Å². The lowest BCUT2D eigenvalue weighted by molar-refractivity contribution is 0.0694. The van der Waals surface area contributed by atoms with E-state index in [9.17, 15) is 5.11 Å². The molecule has 0 fully saturated rings. The van der Waals surface area contributed by atoms with Crippen LogP contribution in [-0.2, 0) is 4.74 Å². The first kappa shape index (κ1) is 14.9. The van der Waals surface area contributed by atoms with Crippen LogP contribution >= 0.6 is 0 Å². The van der Waals surface area contributed by atoms with E-state index in [2.05, 4.69) is 17.2 Å². The van der Waals surface area contributed by atoms with Crippen molar-refractivity contribution in [1.82, 2.24) is 10.3 Å². The molecule has 0 spiro atoms. The normalized spacial score (nSPS) is 14.3. The molecule has 0 amide bonds. The standard InChI is InChI=1S/C13H23N3O2/c1-10(14-2)11-5-6-15-13(7-11)16(3)8-12(17)9-18-4/h5-7,10,12,14,17H,8-9H2,1-4H3. The molecule has 0 aliphatic heterocycles. The van der Waals surface area contributed by atoms with Gasteiger partial charge >= 0.3 is 0 Å². The lowest BCUT2D eigenvalue weighted by Gasteiger charge is -2.22. The topological polar surface area (TPSA) is 57.6 Å². The second kappa shape index (κ2) is 7.31. The number of aliphatic hydroxyl groups is 1. The van der Waals surface area contributed by atoms with E-state index in [0.717, 1.165) is 5.82 Å². The van der Waals surface area contributed by atoms with Gasteiger partial charge in [-0.2, -0.15) is 0 Å². The Balaban J connectivity index is 2.70. The van der Waals surface area contributed by atoms with Gasteiger partial charge in [0.1, 0.15) is 5.82 Å². The fraction of sp³-hybridized carbons (Fsp3) is 0.615. The monoisotopic (exact) mass is 253 g/mol. The fourth-order valence-electron chi connectivity index (χ4n) is 1.73. The zero-order chi connectivity index (χ0) is 13.5. The maximum absolute atomic E-state index is 9.70. The Morgan fingerprint density at radius 1 is 1.56 bits per heavy atom. The minimum absolute atomic E-state index is 0.282. The molecule has 1 aromatic heterocycles. The zero-order valence-corrected chi connectivity index (χ0v) is 11.6. The molecule has 0 radical (unpaired) electrons. The van der Waals surface area contributed by atoms with E-state index < -0.39 is 6.10 Å². The Kier molecular flexibility index (Phi) is 6.04. The number of methoxy groups -OCH3 is 1. The van der Waals surface area contributed by atoms with Gasteiger partial charge in [0.05, 0.1) is 12.7 Å². The molecule has 18 heavy (non-hydrogen) atoms. The van der Waals surface area contributed by atoms with Crippen LogP contribution in [0.25, 0.3) is 0 Å². The SMILES string of the molecule is CNC(C)c1ccnc(N(C)CC(O)COC)c1. The predicted octanol–water partition coefficient (Wildman–Crippen LogP) is 0.805. The second-order valence-electron chi connectivity index (χ2n) is 4.45. The van der Waals surface area contributed by atoms with Crippen LogP contribution in [0.1, 0.15) is 18.5 Å². The Morgan fingerprint density at radius 3 is 2.89 bits per heavy atom. The lowest BCUT2D eigenvalue weighted by Crippen LogP contribution is -2.32. The highest BCUT2D eigenvalue weighted by Crippen LogP contribution is 2.17. The molecule has 2 atom stereocenters. The Bertz CT molecular complexity index is 360. The van der Waals surface area contributed by atoms with E-state index in [0.29, 0.717) is 13.2 Å². The van der Waals surface area contributed by atoms with Gasteiger partial charge in [-0.15, -0.1) is 0 Å². The molecule has 1 heterocycles. The number of aliphatic hydroxyl groups excluding tert-OH is 1. The highest BCUT2D eigenvalue weighted by atomic mass is 16.5. The largest absolute Gasteiger partial charge is 0.389 e. The molecule has 0 aliphatic rings. The Morgan fingerprint density at radius 2 is 2.28 bits per heavy atom. The smallest absolute Gasteiger partial charge is 0.128 e. The van der Waals surface area contributed by atoms with Gasteiger partial charge < -0.3 is 20.1 Å². The molecule has 2 unspecified atom stereocenters. The van der Waals surface area contributed by atoms with Crippen molar-refractivity contribution in [2.75, 3.05) is 39.3 Å². The van der Waals surface area contributed by atoms with Gasteiger partial charge in [0.25, 0.3) is 0 Å². The third kappa shape index (κ3) is 4.25. The number of ether oxygens (including phenoxy) is 1. The second-order valence-corrected chi connectivity index (χ2v) is 4.45. The van der Waals surface area contributed by atoms with E-state index in [-0.39, 0.29) is 6.04 Å². The van der Waals surface area contributed by atoms with Gasteiger partial charge in [-0.05, 0) is 31.7 Å². The molecule has 0 aliphatic carbocycles. The highest BCUT2D eigenvalue weighted by molar-refractivity contribution is 5.41. The van der Waals surface area contributed by atoms with Gasteiger partial charge in [0.15, 0.2) is 0 Å². The average molecular weight is 253 g/mol. The van der Waals surface area contributed by atoms with E-state index in [1.807, 2.05) is 31.1 Å². The molecule has 1 aromatic rings. The molecular weight excluding hydrogens is 230 g/mol. The summed E-state index contributed by atoms with van der Waals surface area (Å²) in [6.07, 6.45) is 1.28. The average Bonchev–Trinajstić information content (AvgIpc) is 2.38. The first-order valence-electron chi connectivity index (χ1n) is 6.09. The van der Waals surface area contributed by atoms with E-state index in [4.69, 9.17) is 4.74 Å².